The first-order valence-electron chi connectivity index (χ1n) is 7.77. The molecule has 1 aromatic heterocycles. The van der Waals surface area contributed by atoms with E-state index in [0.29, 0.717) is 35.1 Å². The number of halogens is 1. The van der Waals surface area contributed by atoms with Gasteiger partial charge in [-0.3, -0.25) is 0 Å². The molecule has 0 unspecified atom stereocenters. The van der Waals surface area contributed by atoms with Crippen LogP contribution < -0.4 is 0 Å². The standard InChI is InChI=1S/C20H17ClO3/c1-2-23-20(22)18-13-17(12-14-8-10-16(21)11-9-14)24-19(18)15-6-4-3-5-7-15/h3-11,13H,2,12H2,1H3. The van der Waals surface area contributed by atoms with Crippen LogP contribution in [0.2, 0.25) is 5.02 Å². The first-order valence-corrected chi connectivity index (χ1v) is 8.15. The van der Waals surface area contributed by atoms with Crippen LogP contribution in [0.15, 0.2) is 65.1 Å². The Hall–Kier alpha value is -2.52. The zero-order valence-corrected chi connectivity index (χ0v) is 14.0. The minimum Gasteiger partial charge on any atom is -0.462 e. The molecule has 24 heavy (non-hydrogen) atoms. The van der Waals surface area contributed by atoms with Crippen LogP contribution in [0.5, 0.6) is 0 Å². The molecule has 3 aromatic rings. The minimum atomic E-state index is -0.373. The topological polar surface area (TPSA) is 39.4 Å². The first kappa shape index (κ1) is 16.3. The summed E-state index contributed by atoms with van der Waals surface area (Å²) in [6, 6.07) is 18.9. The van der Waals surface area contributed by atoms with E-state index in [-0.39, 0.29) is 5.97 Å². The molecule has 0 N–H and O–H groups in total. The molecule has 0 aliphatic rings. The van der Waals surface area contributed by atoms with E-state index in [0.717, 1.165) is 11.1 Å². The van der Waals surface area contributed by atoms with Gasteiger partial charge in [-0.25, -0.2) is 4.79 Å². The highest BCUT2D eigenvalue weighted by Gasteiger charge is 2.20. The average Bonchev–Trinajstić information content (AvgIpc) is 3.02. The normalized spacial score (nSPS) is 10.6. The predicted molar refractivity (Wildman–Crippen MR) is 94.4 cm³/mol. The van der Waals surface area contributed by atoms with Crippen molar-refractivity contribution in [3.63, 3.8) is 0 Å². The Kier molecular flexibility index (Phi) is 5.02. The fraction of sp³-hybridized carbons (Fsp3) is 0.150. The summed E-state index contributed by atoms with van der Waals surface area (Å²) in [6.45, 7) is 2.11. The van der Waals surface area contributed by atoms with Crippen LogP contribution in [-0.4, -0.2) is 12.6 Å². The van der Waals surface area contributed by atoms with Crippen LogP contribution in [0.4, 0.5) is 0 Å². The summed E-state index contributed by atoms with van der Waals surface area (Å²) in [4.78, 5) is 12.2. The number of rotatable bonds is 5. The molecule has 0 fully saturated rings. The number of carbonyl (C=O) groups is 1. The lowest BCUT2D eigenvalue weighted by Crippen LogP contribution is -2.04. The van der Waals surface area contributed by atoms with E-state index in [1.165, 1.54) is 0 Å². The molecule has 122 valence electrons. The second kappa shape index (κ2) is 7.37. The highest BCUT2D eigenvalue weighted by Crippen LogP contribution is 2.29. The molecule has 0 spiro atoms. The minimum absolute atomic E-state index is 0.324. The predicted octanol–water partition coefficient (Wildman–Crippen LogP) is 5.37. The molecule has 0 aliphatic heterocycles. The van der Waals surface area contributed by atoms with E-state index in [1.54, 1.807) is 13.0 Å². The number of hydrogen-bond acceptors (Lipinski definition) is 3. The van der Waals surface area contributed by atoms with Gasteiger partial charge in [0.25, 0.3) is 0 Å². The van der Waals surface area contributed by atoms with E-state index >= 15 is 0 Å². The van der Waals surface area contributed by atoms with Crippen molar-refractivity contribution in [2.75, 3.05) is 6.61 Å². The zero-order chi connectivity index (χ0) is 16.9. The van der Waals surface area contributed by atoms with Crippen molar-refractivity contribution in [2.45, 2.75) is 13.3 Å². The molecule has 0 radical (unpaired) electrons. The molecule has 0 saturated heterocycles. The van der Waals surface area contributed by atoms with Crippen molar-refractivity contribution in [2.24, 2.45) is 0 Å². The monoisotopic (exact) mass is 340 g/mol. The number of furan rings is 1. The summed E-state index contributed by atoms with van der Waals surface area (Å²) in [6.07, 6.45) is 0.580. The second-order valence-corrected chi connectivity index (χ2v) is 5.78. The summed E-state index contributed by atoms with van der Waals surface area (Å²) < 4.78 is 11.1. The van der Waals surface area contributed by atoms with Crippen molar-refractivity contribution in [1.29, 1.82) is 0 Å². The molecule has 0 bridgehead atoms. The van der Waals surface area contributed by atoms with Crippen LogP contribution in [0, 0.1) is 0 Å². The lowest BCUT2D eigenvalue weighted by Gasteiger charge is -2.02. The van der Waals surface area contributed by atoms with E-state index < -0.39 is 0 Å². The first-order chi connectivity index (χ1) is 11.7. The SMILES string of the molecule is CCOC(=O)c1cc(Cc2ccc(Cl)cc2)oc1-c1ccccc1. The molecule has 0 atom stereocenters. The Labute approximate surface area is 145 Å². The number of carbonyl (C=O) groups excluding carboxylic acids is 1. The molecule has 3 rings (SSSR count). The van der Waals surface area contributed by atoms with Gasteiger partial charge in [-0.05, 0) is 30.7 Å². The number of ether oxygens (including phenoxy) is 1. The maximum Gasteiger partial charge on any atom is 0.342 e. The summed E-state index contributed by atoms with van der Waals surface area (Å²) in [5.41, 5.74) is 2.36. The van der Waals surface area contributed by atoms with Gasteiger partial charge in [-0.15, -0.1) is 0 Å². The van der Waals surface area contributed by atoms with Crippen molar-refractivity contribution < 1.29 is 13.9 Å². The van der Waals surface area contributed by atoms with E-state index in [2.05, 4.69) is 0 Å². The van der Waals surface area contributed by atoms with E-state index in [4.69, 9.17) is 20.8 Å². The van der Waals surface area contributed by atoms with Gasteiger partial charge in [0.2, 0.25) is 0 Å². The molecule has 4 heteroatoms. The summed E-state index contributed by atoms with van der Waals surface area (Å²) in [7, 11) is 0. The Morgan fingerprint density at radius 1 is 1.08 bits per heavy atom. The van der Waals surface area contributed by atoms with Gasteiger partial charge in [-0.1, -0.05) is 54.1 Å². The van der Waals surface area contributed by atoms with Gasteiger partial charge in [0.1, 0.15) is 17.1 Å². The third-order valence-corrected chi connectivity index (χ3v) is 3.86. The fourth-order valence-electron chi connectivity index (χ4n) is 2.50. The van der Waals surface area contributed by atoms with Gasteiger partial charge < -0.3 is 9.15 Å². The van der Waals surface area contributed by atoms with Gasteiger partial charge in [0.15, 0.2) is 0 Å². The van der Waals surface area contributed by atoms with E-state index in [9.17, 15) is 4.79 Å². The molecule has 2 aromatic carbocycles. The molecular formula is C20H17ClO3. The van der Waals surface area contributed by atoms with Gasteiger partial charge in [-0.2, -0.15) is 0 Å². The maximum atomic E-state index is 12.2. The van der Waals surface area contributed by atoms with Crippen LogP contribution in [-0.2, 0) is 11.2 Å². The van der Waals surface area contributed by atoms with Crippen molar-refractivity contribution >= 4 is 17.6 Å². The summed E-state index contributed by atoms with van der Waals surface area (Å²) >= 11 is 5.92. The van der Waals surface area contributed by atoms with Crippen molar-refractivity contribution in [1.82, 2.24) is 0 Å². The highest BCUT2D eigenvalue weighted by molar-refractivity contribution is 6.30. The van der Waals surface area contributed by atoms with Crippen LogP contribution >= 0.6 is 11.6 Å². The van der Waals surface area contributed by atoms with Crippen molar-refractivity contribution in [3.05, 3.63) is 82.6 Å². The molecule has 1 heterocycles. The third-order valence-electron chi connectivity index (χ3n) is 3.61. The summed E-state index contributed by atoms with van der Waals surface area (Å²) in [5, 5.41) is 0.690. The van der Waals surface area contributed by atoms with Crippen LogP contribution in [0.3, 0.4) is 0 Å². The number of esters is 1. The Morgan fingerprint density at radius 3 is 2.46 bits per heavy atom. The number of benzene rings is 2. The van der Waals surface area contributed by atoms with E-state index in [1.807, 2.05) is 54.6 Å². The fourth-order valence-corrected chi connectivity index (χ4v) is 2.62. The van der Waals surface area contributed by atoms with Gasteiger partial charge >= 0.3 is 5.97 Å². The molecular weight excluding hydrogens is 324 g/mol. The Balaban J connectivity index is 1.96. The lowest BCUT2D eigenvalue weighted by molar-refractivity contribution is 0.0526. The second-order valence-electron chi connectivity index (χ2n) is 5.35. The summed E-state index contributed by atoms with van der Waals surface area (Å²) in [5.74, 6) is 0.875. The van der Waals surface area contributed by atoms with Gasteiger partial charge in [0, 0.05) is 17.0 Å². The molecule has 3 nitrogen and oxygen atoms in total. The zero-order valence-electron chi connectivity index (χ0n) is 13.3. The molecule has 0 amide bonds. The smallest absolute Gasteiger partial charge is 0.342 e. The van der Waals surface area contributed by atoms with Crippen LogP contribution in [0.1, 0.15) is 28.6 Å². The third kappa shape index (κ3) is 3.69. The highest BCUT2D eigenvalue weighted by atomic mass is 35.5. The lowest BCUT2D eigenvalue weighted by atomic mass is 10.1. The molecule has 0 aliphatic carbocycles. The maximum absolute atomic E-state index is 12.2. The molecule has 0 saturated carbocycles. The average molecular weight is 341 g/mol. The quantitative estimate of drug-likeness (QED) is 0.586. The van der Waals surface area contributed by atoms with Crippen molar-refractivity contribution in [3.8, 4) is 11.3 Å². The van der Waals surface area contributed by atoms with Gasteiger partial charge in [0.05, 0.1) is 6.61 Å². The Morgan fingerprint density at radius 2 is 1.79 bits per heavy atom. The largest absolute Gasteiger partial charge is 0.462 e. The Bertz CT molecular complexity index is 820. The van der Waals surface area contributed by atoms with Crippen LogP contribution in [0.25, 0.3) is 11.3 Å². The number of hydrogen-bond donors (Lipinski definition) is 0.